The number of hydrogen-bond donors (Lipinski definition) is 0. The van der Waals surface area contributed by atoms with Crippen LogP contribution in [0.3, 0.4) is 0 Å². The molecule has 0 aromatic heterocycles. The molecule has 4 aromatic carbocycles. The van der Waals surface area contributed by atoms with Gasteiger partial charge in [-0.15, -0.1) is 0 Å². The highest BCUT2D eigenvalue weighted by Crippen LogP contribution is 2.39. The van der Waals surface area contributed by atoms with Crippen LogP contribution in [0.5, 0.6) is 0 Å². The summed E-state index contributed by atoms with van der Waals surface area (Å²) in [6, 6.07) is 32.8. The van der Waals surface area contributed by atoms with Crippen LogP contribution in [-0.2, 0) is 0 Å². The van der Waals surface area contributed by atoms with E-state index in [0.717, 1.165) is 6.42 Å². The summed E-state index contributed by atoms with van der Waals surface area (Å²) in [4.78, 5) is 2.36. The lowest BCUT2D eigenvalue weighted by atomic mass is 9.98. The Bertz CT molecular complexity index is 1060. The molecule has 0 saturated heterocycles. The molecule has 28 heavy (non-hydrogen) atoms. The number of aryl methyl sites for hydroxylation is 1. The fourth-order valence-electron chi connectivity index (χ4n) is 3.82. The van der Waals surface area contributed by atoms with Gasteiger partial charge in [-0.2, -0.15) is 0 Å². The minimum absolute atomic E-state index is 0.583. The Morgan fingerprint density at radius 3 is 1.96 bits per heavy atom. The van der Waals surface area contributed by atoms with E-state index in [1.54, 1.807) is 0 Å². The zero-order chi connectivity index (χ0) is 19.5. The fourth-order valence-corrected chi connectivity index (χ4v) is 3.82. The van der Waals surface area contributed by atoms with Gasteiger partial charge in [-0.3, -0.25) is 0 Å². The molecule has 0 aliphatic carbocycles. The number of rotatable bonds is 5. The van der Waals surface area contributed by atoms with E-state index in [4.69, 9.17) is 0 Å². The van der Waals surface area contributed by atoms with Crippen molar-refractivity contribution in [2.75, 3.05) is 4.90 Å². The fraction of sp³-hybridized carbons (Fsp3) is 0.185. The van der Waals surface area contributed by atoms with E-state index < -0.39 is 0 Å². The van der Waals surface area contributed by atoms with E-state index in [2.05, 4.69) is 117 Å². The Morgan fingerprint density at radius 2 is 1.29 bits per heavy atom. The van der Waals surface area contributed by atoms with Gasteiger partial charge in [0.25, 0.3) is 0 Å². The highest BCUT2D eigenvalue weighted by Gasteiger charge is 2.16. The van der Waals surface area contributed by atoms with Crippen molar-refractivity contribution in [1.29, 1.82) is 0 Å². The maximum Gasteiger partial charge on any atom is 0.0540 e. The molecule has 0 aliphatic heterocycles. The molecule has 0 heterocycles. The first-order valence-corrected chi connectivity index (χ1v) is 10.1. The van der Waals surface area contributed by atoms with Crippen LogP contribution in [0.1, 0.15) is 37.3 Å². The molecule has 0 amide bonds. The lowest BCUT2D eigenvalue weighted by Crippen LogP contribution is -2.10. The highest BCUT2D eigenvalue weighted by molar-refractivity contribution is 6.00. The molecule has 1 nitrogen and oxygen atoms in total. The van der Waals surface area contributed by atoms with Crippen LogP contribution < -0.4 is 4.90 Å². The van der Waals surface area contributed by atoms with Crippen LogP contribution in [0.2, 0.25) is 0 Å². The van der Waals surface area contributed by atoms with Crippen LogP contribution in [0.25, 0.3) is 10.8 Å². The van der Waals surface area contributed by atoms with E-state index in [1.165, 1.54) is 39.0 Å². The van der Waals surface area contributed by atoms with Crippen molar-refractivity contribution in [2.45, 2.75) is 33.1 Å². The summed E-state index contributed by atoms with van der Waals surface area (Å²) in [5, 5.41) is 2.58. The summed E-state index contributed by atoms with van der Waals surface area (Å²) in [6.45, 7) is 6.71. The predicted molar refractivity (Wildman–Crippen MR) is 122 cm³/mol. The molecule has 0 N–H and O–H groups in total. The average Bonchev–Trinajstić information content (AvgIpc) is 2.76. The van der Waals surface area contributed by atoms with Gasteiger partial charge in [0.15, 0.2) is 0 Å². The molecule has 0 aliphatic rings. The number of para-hydroxylation sites is 1. The zero-order valence-corrected chi connectivity index (χ0v) is 16.9. The molecule has 1 heteroatoms. The maximum atomic E-state index is 2.36. The van der Waals surface area contributed by atoms with Gasteiger partial charge in [0, 0.05) is 16.8 Å². The average molecular weight is 366 g/mol. The molecular formula is C27H27N. The van der Waals surface area contributed by atoms with Crippen LogP contribution in [0.4, 0.5) is 17.1 Å². The van der Waals surface area contributed by atoms with E-state index in [9.17, 15) is 0 Å². The van der Waals surface area contributed by atoms with E-state index in [-0.39, 0.29) is 0 Å². The topological polar surface area (TPSA) is 3.24 Å². The Labute approximate surface area is 168 Å². The molecule has 0 saturated carbocycles. The molecule has 4 aromatic rings. The second-order valence-corrected chi connectivity index (χ2v) is 7.52. The Kier molecular flexibility index (Phi) is 5.16. The van der Waals surface area contributed by atoms with Gasteiger partial charge < -0.3 is 4.90 Å². The molecule has 0 radical (unpaired) electrons. The van der Waals surface area contributed by atoms with Crippen molar-refractivity contribution >= 4 is 27.8 Å². The van der Waals surface area contributed by atoms with E-state index in [0.29, 0.717) is 5.92 Å². The van der Waals surface area contributed by atoms with Crippen molar-refractivity contribution in [3.8, 4) is 0 Å². The van der Waals surface area contributed by atoms with Crippen molar-refractivity contribution in [2.24, 2.45) is 0 Å². The molecule has 0 bridgehead atoms. The summed E-state index contributed by atoms with van der Waals surface area (Å²) in [6.07, 6.45) is 1.16. The summed E-state index contributed by atoms with van der Waals surface area (Å²) in [5.41, 5.74) is 6.27. The van der Waals surface area contributed by atoms with Crippen molar-refractivity contribution in [3.05, 3.63) is 102 Å². The quantitative estimate of drug-likeness (QED) is 0.345. The van der Waals surface area contributed by atoms with Gasteiger partial charge in [-0.25, -0.2) is 0 Å². The largest absolute Gasteiger partial charge is 0.310 e. The SMILES string of the molecule is CCC(C)c1ccc(N(c2ccccc2)c2ccc(C)c3ccccc23)cc1. The van der Waals surface area contributed by atoms with Crippen LogP contribution >= 0.6 is 0 Å². The summed E-state index contributed by atoms with van der Waals surface area (Å²) in [5.74, 6) is 0.583. The normalized spacial score (nSPS) is 12.1. The molecule has 4 rings (SSSR count). The number of nitrogens with zero attached hydrogens (tertiary/aromatic N) is 1. The van der Waals surface area contributed by atoms with Gasteiger partial charge in [-0.1, -0.05) is 74.5 Å². The Balaban J connectivity index is 1.90. The predicted octanol–water partition coefficient (Wildman–Crippen LogP) is 8.13. The van der Waals surface area contributed by atoms with Gasteiger partial charge >= 0.3 is 0 Å². The molecular weight excluding hydrogens is 338 g/mol. The van der Waals surface area contributed by atoms with Crippen molar-refractivity contribution in [1.82, 2.24) is 0 Å². The van der Waals surface area contributed by atoms with Gasteiger partial charge in [-0.05, 0) is 66.1 Å². The zero-order valence-electron chi connectivity index (χ0n) is 16.9. The molecule has 0 spiro atoms. The Morgan fingerprint density at radius 1 is 0.679 bits per heavy atom. The van der Waals surface area contributed by atoms with Crippen molar-refractivity contribution in [3.63, 3.8) is 0 Å². The summed E-state index contributed by atoms with van der Waals surface area (Å²) < 4.78 is 0. The maximum absolute atomic E-state index is 2.36. The second-order valence-electron chi connectivity index (χ2n) is 7.52. The third kappa shape index (κ3) is 3.41. The van der Waals surface area contributed by atoms with Gasteiger partial charge in [0.05, 0.1) is 5.69 Å². The first kappa shape index (κ1) is 18.3. The first-order valence-electron chi connectivity index (χ1n) is 10.1. The molecule has 1 atom stereocenters. The lowest BCUT2D eigenvalue weighted by Gasteiger charge is -2.27. The van der Waals surface area contributed by atoms with Gasteiger partial charge in [0.1, 0.15) is 0 Å². The van der Waals surface area contributed by atoms with E-state index >= 15 is 0 Å². The van der Waals surface area contributed by atoms with Gasteiger partial charge in [0.2, 0.25) is 0 Å². The highest BCUT2D eigenvalue weighted by atomic mass is 15.1. The molecule has 140 valence electrons. The van der Waals surface area contributed by atoms with Crippen LogP contribution in [-0.4, -0.2) is 0 Å². The summed E-state index contributed by atoms with van der Waals surface area (Å²) in [7, 11) is 0. The number of hydrogen-bond acceptors (Lipinski definition) is 1. The third-order valence-corrected chi connectivity index (χ3v) is 5.71. The Hall–Kier alpha value is -3.06. The molecule has 1 unspecified atom stereocenters. The lowest BCUT2D eigenvalue weighted by molar-refractivity contribution is 0.733. The third-order valence-electron chi connectivity index (χ3n) is 5.71. The standard InChI is InChI=1S/C27H27N/c1-4-20(2)22-15-17-24(18-16-22)28(23-10-6-5-7-11-23)27-19-14-21(3)25-12-8-9-13-26(25)27/h5-20H,4H2,1-3H3. The van der Waals surface area contributed by atoms with Crippen LogP contribution in [0, 0.1) is 6.92 Å². The summed E-state index contributed by atoms with van der Waals surface area (Å²) >= 11 is 0. The minimum atomic E-state index is 0.583. The monoisotopic (exact) mass is 365 g/mol. The van der Waals surface area contributed by atoms with Crippen molar-refractivity contribution < 1.29 is 0 Å². The minimum Gasteiger partial charge on any atom is -0.310 e. The number of fused-ring (bicyclic) bond motifs is 1. The number of anilines is 3. The van der Waals surface area contributed by atoms with Crippen LogP contribution in [0.15, 0.2) is 91.0 Å². The smallest absolute Gasteiger partial charge is 0.0540 e. The second kappa shape index (κ2) is 7.90. The first-order chi connectivity index (χ1) is 13.7. The van der Waals surface area contributed by atoms with E-state index in [1.807, 2.05) is 0 Å². The number of benzene rings is 4. The molecule has 0 fully saturated rings.